The smallest absolute Gasteiger partial charge is 0.126 e. The van der Waals surface area contributed by atoms with Crippen LogP contribution in [-0.4, -0.2) is 14.2 Å². The van der Waals surface area contributed by atoms with E-state index < -0.39 is 10.8 Å². The second kappa shape index (κ2) is 8.76. The van der Waals surface area contributed by atoms with Crippen molar-refractivity contribution in [2.75, 3.05) is 0 Å². The van der Waals surface area contributed by atoms with Gasteiger partial charge in [-0.15, -0.1) is 0 Å². The largest absolute Gasteiger partial charge is 0.254 e. The van der Waals surface area contributed by atoms with Crippen LogP contribution in [0.2, 0.25) is 5.02 Å². The number of hydrogen-bond donors (Lipinski definition) is 0. The van der Waals surface area contributed by atoms with E-state index in [2.05, 4.69) is 55.0 Å². The van der Waals surface area contributed by atoms with E-state index in [9.17, 15) is 4.21 Å². The van der Waals surface area contributed by atoms with Gasteiger partial charge in [0.2, 0.25) is 0 Å². The number of aryl methyl sites for hydroxylation is 1. The molecule has 146 valence electrons. The van der Waals surface area contributed by atoms with Crippen LogP contribution >= 0.6 is 23.4 Å². The second-order valence-corrected chi connectivity index (χ2v) is 10.5. The lowest BCUT2D eigenvalue weighted by Gasteiger charge is -2.19. The fourth-order valence-electron chi connectivity index (χ4n) is 2.67. The standard InChI is InChI=1S/C22H23ClN2OS2/c1-15-24-18(14-28(26)20-11-7-17(23)8-12-20)13-21(25-15)27-19-9-5-16(6-10-19)22(2,3)4/h5-13H,14H2,1-4H3/t28-/m0/s1. The summed E-state index contributed by atoms with van der Waals surface area (Å²) in [5.74, 6) is 1.03. The van der Waals surface area contributed by atoms with Crippen LogP contribution in [0.25, 0.3) is 0 Å². The van der Waals surface area contributed by atoms with Gasteiger partial charge in [0, 0.05) is 14.8 Å². The van der Waals surface area contributed by atoms with Gasteiger partial charge in [0.1, 0.15) is 10.9 Å². The molecule has 0 N–H and O–H groups in total. The van der Waals surface area contributed by atoms with Crippen LogP contribution in [0.5, 0.6) is 0 Å². The SMILES string of the molecule is Cc1nc(C[S@](=O)c2ccc(Cl)cc2)cc(Sc2ccc(C(C)(C)C)cc2)n1. The molecule has 0 radical (unpaired) electrons. The molecule has 1 atom stereocenters. The molecule has 0 saturated carbocycles. The summed E-state index contributed by atoms with van der Waals surface area (Å²) in [5, 5.41) is 1.49. The number of hydrogen-bond acceptors (Lipinski definition) is 4. The van der Waals surface area contributed by atoms with Gasteiger partial charge in [0.25, 0.3) is 0 Å². The summed E-state index contributed by atoms with van der Waals surface area (Å²) in [5.41, 5.74) is 2.21. The number of halogens is 1. The molecule has 0 unspecified atom stereocenters. The first kappa shape index (κ1) is 21.0. The molecular formula is C22H23ClN2OS2. The van der Waals surface area contributed by atoms with Crippen molar-refractivity contribution in [3.63, 3.8) is 0 Å². The van der Waals surface area contributed by atoms with E-state index in [0.717, 1.165) is 20.5 Å². The molecule has 3 nitrogen and oxygen atoms in total. The molecular weight excluding hydrogens is 408 g/mol. The minimum absolute atomic E-state index is 0.133. The van der Waals surface area contributed by atoms with Gasteiger partial charge in [-0.05, 0) is 60.4 Å². The lowest BCUT2D eigenvalue weighted by atomic mass is 9.87. The number of rotatable bonds is 5. The van der Waals surface area contributed by atoms with Crippen LogP contribution in [0, 0.1) is 6.92 Å². The van der Waals surface area contributed by atoms with Crippen molar-refractivity contribution in [1.29, 1.82) is 0 Å². The molecule has 0 aliphatic carbocycles. The molecule has 0 aliphatic heterocycles. The zero-order chi connectivity index (χ0) is 20.3. The van der Waals surface area contributed by atoms with Crippen molar-refractivity contribution in [1.82, 2.24) is 9.97 Å². The molecule has 6 heteroatoms. The fourth-order valence-corrected chi connectivity index (χ4v) is 4.71. The van der Waals surface area contributed by atoms with E-state index in [1.165, 1.54) is 5.56 Å². The molecule has 0 aliphatic rings. The van der Waals surface area contributed by atoms with Gasteiger partial charge in [0.05, 0.1) is 22.2 Å². The first-order valence-corrected chi connectivity index (χ1v) is 11.5. The lowest BCUT2D eigenvalue weighted by molar-refractivity contribution is 0.590. The Kier molecular flexibility index (Phi) is 6.58. The Labute approximate surface area is 178 Å². The molecule has 28 heavy (non-hydrogen) atoms. The Hall–Kier alpha value is -1.69. The zero-order valence-electron chi connectivity index (χ0n) is 16.4. The Bertz CT molecular complexity index is 981. The summed E-state index contributed by atoms with van der Waals surface area (Å²) < 4.78 is 12.6. The molecule has 0 fully saturated rings. The third kappa shape index (κ3) is 5.66. The molecule has 1 aromatic heterocycles. The molecule has 0 saturated heterocycles. The predicted molar refractivity (Wildman–Crippen MR) is 118 cm³/mol. The molecule has 3 rings (SSSR count). The lowest BCUT2D eigenvalue weighted by Crippen LogP contribution is -2.10. The molecule has 0 amide bonds. The second-order valence-electron chi connectivity index (χ2n) is 7.56. The molecule has 0 spiro atoms. The van der Waals surface area contributed by atoms with E-state index in [-0.39, 0.29) is 5.41 Å². The van der Waals surface area contributed by atoms with Crippen molar-refractivity contribution in [2.45, 2.75) is 53.7 Å². The predicted octanol–water partition coefficient (Wildman–Crippen LogP) is 6.19. The zero-order valence-corrected chi connectivity index (χ0v) is 18.8. The van der Waals surface area contributed by atoms with Crippen LogP contribution in [0.4, 0.5) is 0 Å². The minimum atomic E-state index is -1.18. The van der Waals surface area contributed by atoms with Crippen molar-refractivity contribution in [3.8, 4) is 0 Å². The highest BCUT2D eigenvalue weighted by Crippen LogP contribution is 2.30. The highest BCUT2D eigenvalue weighted by Gasteiger charge is 2.14. The van der Waals surface area contributed by atoms with Gasteiger partial charge in [-0.25, -0.2) is 9.97 Å². The highest BCUT2D eigenvalue weighted by molar-refractivity contribution is 7.99. The first-order valence-electron chi connectivity index (χ1n) is 8.97. The van der Waals surface area contributed by atoms with Crippen molar-refractivity contribution < 1.29 is 4.21 Å². The third-order valence-electron chi connectivity index (χ3n) is 4.17. The van der Waals surface area contributed by atoms with Gasteiger partial charge in [-0.3, -0.25) is 4.21 Å². The van der Waals surface area contributed by atoms with Gasteiger partial charge in [0.15, 0.2) is 0 Å². The summed E-state index contributed by atoms with van der Waals surface area (Å²) >= 11 is 7.50. The Morgan fingerprint density at radius 1 is 1.00 bits per heavy atom. The maximum Gasteiger partial charge on any atom is 0.126 e. The van der Waals surface area contributed by atoms with E-state index in [0.29, 0.717) is 16.6 Å². The first-order chi connectivity index (χ1) is 13.2. The summed E-state index contributed by atoms with van der Waals surface area (Å²) in [7, 11) is -1.18. The van der Waals surface area contributed by atoms with Crippen molar-refractivity contribution in [2.24, 2.45) is 0 Å². The molecule has 1 heterocycles. The molecule has 3 aromatic rings. The number of nitrogens with zero attached hydrogens (tertiary/aromatic N) is 2. The van der Waals surface area contributed by atoms with Crippen LogP contribution < -0.4 is 0 Å². The maximum atomic E-state index is 12.6. The van der Waals surface area contributed by atoms with Gasteiger partial charge in [-0.2, -0.15) is 0 Å². The van der Waals surface area contributed by atoms with Crippen molar-refractivity contribution >= 4 is 34.2 Å². The van der Waals surface area contributed by atoms with E-state index in [1.54, 1.807) is 36.0 Å². The average Bonchev–Trinajstić information content (AvgIpc) is 2.61. The monoisotopic (exact) mass is 430 g/mol. The average molecular weight is 431 g/mol. The Morgan fingerprint density at radius 2 is 1.64 bits per heavy atom. The fraction of sp³-hybridized carbons (Fsp3) is 0.273. The van der Waals surface area contributed by atoms with Crippen molar-refractivity contribution in [3.05, 3.63) is 76.7 Å². The maximum absolute atomic E-state index is 12.6. The summed E-state index contributed by atoms with van der Waals surface area (Å²) in [6.45, 7) is 8.48. The van der Waals surface area contributed by atoms with Gasteiger partial charge < -0.3 is 0 Å². The normalized spacial score (nSPS) is 12.8. The van der Waals surface area contributed by atoms with Crippen LogP contribution in [0.1, 0.15) is 37.9 Å². The minimum Gasteiger partial charge on any atom is -0.254 e. The Balaban J connectivity index is 1.76. The van der Waals surface area contributed by atoms with Crippen LogP contribution in [0.3, 0.4) is 0 Å². The van der Waals surface area contributed by atoms with Gasteiger partial charge in [-0.1, -0.05) is 56.3 Å². The number of benzene rings is 2. The Morgan fingerprint density at radius 3 is 2.25 bits per heavy atom. The van der Waals surface area contributed by atoms with Crippen LogP contribution in [-0.2, 0) is 22.0 Å². The highest BCUT2D eigenvalue weighted by atomic mass is 35.5. The molecule has 2 aromatic carbocycles. The topological polar surface area (TPSA) is 42.9 Å². The van der Waals surface area contributed by atoms with E-state index in [4.69, 9.17) is 11.6 Å². The van der Waals surface area contributed by atoms with Gasteiger partial charge >= 0.3 is 0 Å². The van der Waals surface area contributed by atoms with Crippen LogP contribution in [0.15, 0.2) is 69.4 Å². The summed E-state index contributed by atoms with van der Waals surface area (Å²) in [6.07, 6.45) is 0. The van der Waals surface area contributed by atoms with E-state index in [1.807, 2.05) is 13.0 Å². The summed E-state index contributed by atoms with van der Waals surface area (Å²) in [6, 6.07) is 17.6. The molecule has 0 bridgehead atoms. The third-order valence-corrected chi connectivity index (χ3v) is 6.70. The quantitative estimate of drug-likeness (QED) is 0.452. The van der Waals surface area contributed by atoms with E-state index >= 15 is 0 Å². The summed E-state index contributed by atoms with van der Waals surface area (Å²) in [4.78, 5) is 10.9. The number of aromatic nitrogens is 2.